The Balaban J connectivity index is 2.34. The molecule has 0 saturated carbocycles. The number of esters is 1. The normalized spacial score (nSPS) is 10.7. The van der Waals surface area contributed by atoms with Gasteiger partial charge in [-0.05, 0) is 6.92 Å². The molecule has 90 valence electrons. The molecule has 0 atom stereocenters. The number of fused-ring (bicyclic) bond motifs is 1. The van der Waals surface area contributed by atoms with E-state index in [0.717, 1.165) is 16.9 Å². The second-order valence-electron chi connectivity index (χ2n) is 3.28. The monoisotopic (exact) mass is 270 g/mol. The van der Waals surface area contributed by atoms with Gasteiger partial charge in [-0.15, -0.1) is 11.3 Å². The minimum Gasteiger partial charge on any atom is -0.468 e. The van der Waals surface area contributed by atoms with Crippen LogP contribution < -0.4 is 0 Å². The predicted molar refractivity (Wildman–Crippen MR) is 65.9 cm³/mol. The van der Waals surface area contributed by atoms with Crippen molar-refractivity contribution >= 4 is 40.3 Å². The molecule has 17 heavy (non-hydrogen) atoms. The van der Waals surface area contributed by atoms with Gasteiger partial charge in [0, 0.05) is 11.1 Å². The van der Waals surface area contributed by atoms with Gasteiger partial charge in [0.25, 0.3) is 0 Å². The van der Waals surface area contributed by atoms with Crippen molar-refractivity contribution in [3.05, 3.63) is 16.8 Å². The van der Waals surface area contributed by atoms with Gasteiger partial charge in [-0.25, -0.2) is 4.98 Å². The fourth-order valence-electron chi connectivity index (χ4n) is 1.40. The van der Waals surface area contributed by atoms with E-state index in [1.807, 2.05) is 12.3 Å². The summed E-state index contributed by atoms with van der Waals surface area (Å²) in [7, 11) is 1.33. The second kappa shape index (κ2) is 4.89. The second-order valence-corrected chi connectivity index (χ2v) is 5.08. The number of ether oxygens (including phenoxy) is 1. The number of rotatable bonds is 4. The van der Waals surface area contributed by atoms with E-state index in [-0.39, 0.29) is 11.7 Å². The highest BCUT2D eigenvalue weighted by Crippen LogP contribution is 2.26. The number of imidazole rings is 1. The van der Waals surface area contributed by atoms with E-state index in [0.29, 0.717) is 10.7 Å². The molecule has 5 nitrogen and oxygen atoms in total. The first-order valence-electron chi connectivity index (χ1n) is 4.78. The summed E-state index contributed by atoms with van der Waals surface area (Å²) in [6.45, 7) is 1.91. The van der Waals surface area contributed by atoms with Crippen LogP contribution in [0.5, 0.6) is 0 Å². The van der Waals surface area contributed by atoms with E-state index < -0.39 is 0 Å². The lowest BCUT2D eigenvalue weighted by atomic mass is 10.5. The van der Waals surface area contributed by atoms with Gasteiger partial charge in [0.1, 0.15) is 10.7 Å². The number of aldehydes is 1. The lowest BCUT2D eigenvalue weighted by Gasteiger charge is -1.98. The molecule has 0 amide bonds. The number of carbonyl (C=O) groups excluding carboxylic acids is 2. The maximum Gasteiger partial charge on any atom is 0.316 e. The van der Waals surface area contributed by atoms with Gasteiger partial charge in [0.15, 0.2) is 11.2 Å². The molecule has 0 aliphatic carbocycles. The number of hydrogen-bond donors (Lipinski definition) is 0. The fraction of sp³-hybridized carbons (Fsp3) is 0.300. The summed E-state index contributed by atoms with van der Waals surface area (Å²) in [4.78, 5) is 27.2. The van der Waals surface area contributed by atoms with Gasteiger partial charge in [-0.1, -0.05) is 11.8 Å². The van der Waals surface area contributed by atoms with Gasteiger partial charge in [0.05, 0.1) is 12.9 Å². The molecule has 2 rings (SSSR count). The zero-order valence-corrected chi connectivity index (χ0v) is 10.9. The average molecular weight is 270 g/mol. The van der Waals surface area contributed by atoms with Crippen molar-refractivity contribution in [2.24, 2.45) is 0 Å². The molecule has 0 saturated heterocycles. The smallest absolute Gasteiger partial charge is 0.316 e. The number of thioether (sulfide) groups is 1. The van der Waals surface area contributed by atoms with Crippen molar-refractivity contribution in [3.8, 4) is 0 Å². The molecule has 0 aliphatic rings. The van der Waals surface area contributed by atoms with Crippen LogP contribution in [-0.4, -0.2) is 34.5 Å². The SMILES string of the molecule is COC(=O)CSc1nc2scc(C)n2c1C=O. The van der Waals surface area contributed by atoms with Crippen LogP contribution in [0.3, 0.4) is 0 Å². The van der Waals surface area contributed by atoms with Crippen LogP contribution in [0.25, 0.3) is 4.96 Å². The van der Waals surface area contributed by atoms with Crippen LogP contribution in [0.4, 0.5) is 0 Å². The van der Waals surface area contributed by atoms with Gasteiger partial charge in [-0.2, -0.15) is 0 Å². The van der Waals surface area contributed by atoms with Crippen LogP contribution in [0.15, 0.2) is 10.4 Å². The molecule has 0 fully saturated rings. The fourth-order valence-corrected chi connectivity index (χ4v) is 3.14. The van der Waals surface area contributed by atoms with Gasteiger partial charge >= 0.3 is 5.97 Å². The minimum atomic E-state index is -0.333. The summed E-state index contributed by atoms with van der Waals surface area (Å²) in [5.74, 6) is -0.179. The standard InChI is InChI=1S/C10H10N2O3S2/c1-6-4-17-10-11-9(7(3-13)12(6)10)16-5-8(14)15-2/h3-4H,5H2,1-2H3. The molecule has 2 heterocycles. The maximum absolute atomic E-state index is 11.1. The van der Waals surface area contributed by atoms with Gasteiger partial charge < -0.3 is 4.74 Å². The highest BCUT2D eigenvalue weighted by Gasteiger charge is 2.16. The first-order chi connectivity index (χ1) is 8.17. The topological polar surface area (TPSA) is 60.7 Å². The number of aryl methyl sites for hydroxylation is 1. The summed E-state index contributed by atoms with van der Waals surface area (Å²) in [6.07, 6.45) is 0.763. The van der Waals surface area contributed by atoms with Crippen molar-refractivity contribution in [2.75, 3.05) is 12.9 Å². The van der Waals surface area contributed by atoms with Crippen molar-refractivity contribution in [1.29, 1.82) is 0 Å². The molecular formula is C10H10N2O3S2. The molecule has 2 aromatic rings. The summed E-state index contributed by atoms with van der Waals surface area (Å²) in [5, 5.41) is 2.50. The quantitative estimate of drug-likeness (QED) is 0.481. The third kappa shape index (κ3) is 2.20. The molecule has 0 aliphatic heterocycles. The third-order valence-corrected chi connectivity index (χ3v) is 4.10. The van der Waals surface area contributed by atoms with E-state index >= 15 is 0 Å². The first-order valence-corrected chi connectivity index (χ1v) is 6.65. The number of aromatic nitrogens is 2. The number of hydrogen-bond acceptors (Lipinski definition) is 6. The Morgan fingerprint density at radius 3 is 3.12 bits per heavy atom. The van der Waals surface area contributed by atoms with E-state index in [2.05, 4.69) is 9.72 Å². The highest BCUT2D eigenvalue weighted by molar-refractivity contribution is 8.00. The Morgan fingerprint density at radius 1 is 1.71 bits per heavy atom. The van der Waals surface area contributed by atoms with Crippen LogP contribution in [0.1, 0.15) is 16.2 Å². The molecular weight excluding hydrogens is 260 g/mol. The molecule has 0 spiro atoms. The number of methoxy groups -OCH3 is 1. The molecule has 0 bridgehead atoms. The average Bonchev–Trinajstić information content (AvgIpc) is 2.86. The lowest BCUT2D eigenvalue weighted by Crippen LogP contribution is -2.03. The lowest BCUT2D eigenvalue weighted by molar-refractivity contribution is -0.137. The predicted octanol–water partition coefficient (Wildman–Crippen LogP) is 1.78. The van der Waals surface area contributed by atoms with Crippen molar-refractivity contribution in [1.82, 2.24) is 9.38 Å². The Morgan fingerprint density at radius 2 is 2.47 bits per heavy atom. The van der Waals surface area contributed by atoms with Gasteiger partial charge in [-0.3, -0.25) is 14.0 Å². The third-order valence-electron chi connectivity index (χ3n) is 2.20. The summed E-state index contributed by atoms with van der Waals surface area (Å²) < 4.78 is 6.33. The summed E-state index contributed by atoms with van der Waals surface area (Å²) in [5.41, 5.74) is 1.46. The first kappa shape index (κ1) is 12.1. The molecule has 0 unspecified atom stereocenters. The summed E-state index contributed by atoms with van der Waals surface area (Å²) >= 11 is 2.68. The Hall–Kier alpha value is -1.34. The van der Waals surface area contributed by atoms with Crippen molar-refractivity contribution in [2.45, 2.75) is 11.9 Å². The molecule has 0 radical (unpaired) electrons. The Labute approximate surface area is 106 Å². The van der Waals surface area contributed by atoms with Crippen molar-refractivity contribution in [3.63, 3.8) is 0 Å². The van der Waals surface area contributed by atoms with Crippen molar-refractivity contribution < 1.29 is 14.3 Å². The highest BCUT2D eigenvalue weighted by atomic mass is 32.2. The Kier molecular flexibility index (Phi) is 3.49. The van der Waals surface area contributed by atoms with Crippen LogP contribution in [-0.2, 0) is 9.53 Å². The van der Waals surface area contributed by atoms with Gasteiger partial charge in [0.2, 0.25) is 0 Å². The summed E-state index contributed by atoms with van der Waals surface area (Å²) in [6, 6.07) is 0. The van der Waals surface area contributed by atoms with E-state index in [9.17, 15) is 9.59 Å². The molecule has 2 aromatic heterocycles. The van der Waals surface area contributed by atoms with Crippen LogP contribution in [0, 0.1) is 6.92 Å². The minimum absolute atomic E-state index is 0.154. The number of nitrogens with zero attached hydrogens (tertiary/aromatic N) is 2. The van der Waals surface area contributed by atoms with E-state index in [1.54, 1.807) is 4.40 Å². The molecule has 7 heteroatoms. The maximum atomic E-state index is 11.1. The Bertz CT molecular complexity index is 573. The van der Waals surface area contributed by atoms with Crippen LogP contribution in [0.2, 0.25) is 0 Å². The zero-order valence-electron chi connectivity index (χ0n) is 9.30. The largest absolute Gasteiger partial charge is 0.468 e. The number of carbonyl (C=O) groups is 2. The van der Waals surface area contributed by atoms with E-state index in [4.69, 9.17) is 0 Å². The molecule has 0 aromatic carbocycles. The zero-order chi connectivity index (χ0) is 12.4. The van der Waals surface area contributed by atoms with Crippen LogP contribution >= 0.6 is 23.1 Å². The number of thiazole rings is 1. The van der Waals surface area contributed by atoms with E-state index in [1.165, 1.54) is 30.2 Å². The molecule has 0 N–H and O–H groups in total.